The van der Waals surface area contributed by atoms with Gasteiger partial charge in [-0.25, -0.2) is 4.98 Å². The minimum Gasteiger partial charge on any atom is -0.342 e. The van der Waals surface area contributed by atoms with Gasteiger partial charge in [-0.2, -0.15) is 13.2 Å². The lowest BCUT2D eigenvalue weighted by atomic mass is 9.61. The Morgan fingerprint density at radius 3 is 2.56 bits per heavy atom. The number of hydrogen-bond donors (Lipinski definition) is 1. The van der Waals surface area contributed by atoms with Crippen molar-refractivity contribution in [1.82, 2.24) is 4.98 Å². The van der Waals surface area contributed by atoms with Crippen LogP contribution in [0, 0.1) is 5.41 Å². The summed E-state index contributed by atoms with van der Waals surface area (Å²) < 4.78 is 41.5. The summed E-state index contributed by atoms with van der Waals surface area (Å²) in [7, 11) is 0. The molecule has 0 saturated heterocycles. The third-order valence-electron chi connectivity index (χ3n) is 5.26. The van der Waals surface area contributed by atoms with Gasteiger partial charge in [-0.15, -0.1) is 11.3 Å². The van der Waals surface area contributed by atoms with Gasteiger partial charge in [0.15, 0.2) is 5.78 Å². The van der Waals surface area contributed by atoms with Gasteiger partial charge in [-0.3, -0.25) is 4.79 Å². The maximum Gasteiger partial charge on any atom is 0.390 e. The predicted octanol–water partition coefficient (Wildman–Crippen LogP) is 5.45. The van der Waals surface area contributed by atoms with E-state index in [2.05, 4.69) is 10.3 Å². The van der Waals surface area contributed by atoms with E-state index in [-0.39, 0.29) is 23.2 Å². The fraction of sp³-hybridized carbons (Fsp3) is 0.400. The normalized spacial score (nSPS) is 24.3. The number of aromatic nitrogens is 1. The molecule has 0 amide bonds. The van der Waals surface area contributed by atoms with Gasteiger partial charge >= 0.3 is 6.18 Å². The molecule has 1 atom stereocenters. The van der Waals surface area contributed by atoms with Crippen LogP contribution in [0.3, 0.4) is 0 Å². The molecule has 142 valence electrons. The Hall–Kier alpha value is -2.15. The van der Waals surface area contributed by atoms with Gasteiger partial charge in [0.2, 0.25) is 0 Å². The second-order valence-electron chi connectivity index (χ2n) is 8.01. The highest BCUT2D eigenvalue weighted by atomic mass is 32.1. The number of carbonyl (C=O) groups excluding carboxylic acids is 1. The third kappa shape index (κ3) is 2.98. The second-order valence-corrected chi connectivity index (χ2v) is 8.87. The fourth-order valence-corrected chi connectivity index (χ4v) is 5.36. The van der Waals surface area contributed by atoms with E-state index >= 15 is 0 Å². The van der Waals surface area contributed by atoms with Gasteiger partial charge < -0.3 is 5.32 Å². The zero-order valence-electron chi connectivity index (χ0n) is 15.0. The van der Waals surface area contributed by atoms with Gasteiger partial charge in [0.05, 0.1) is 22.2 Å². The summed E-state index contributed by atoms with van der Waals surface area (Å²) in [5, 5.41) is 3.17. The van der Waals surface area contributed by atoms with Crippen LogP contribution in [0.15, 0.2) is 47.1 Å². The number of alkyl halides is 3. The molecule has 2 aliphatic rings. The summed E-state index contributed by atoms with van der Waals surface area (Å²) in [6.45, 7) is 3.92. The van der Waals surface area contributed by atoms with Gasteiger partial charge in [-0.05, 0) is 17.4 Å². The first-order chi connectivity index (χ1) is 12.6. The molecule has 0 radical (unpaired) electrons. The maximum absolute atomic E-state index is 13.8. The molecule has 1 unspecified atom stereocenters. The first-order valence-corrected chi connectivity index (χ1v) is 9.60. The number of anilines is 1. The molecule has 0 bridgehead atoms. The Bertz CT molecular complexity index is 930. The number of nitrogens with one attached hydrogen (secondary N) is 1. The summed E-state index contributed by atoms with van der Waals surface area (Å²) in [5.41, 5.74) is 0.987. The van der Waals surface area contributed by atoms with Gasteiger partial charge in [-0.1, -0.05) is 44.2 Å². The van der Waals surface area contributed by atoms with E-state index in [4.69, 9.17) is 0 Å². The van der Waals surface area contributed by atoms with Crippen LogP contribution < -0.4 is 5.32 Å². The summed E-state index contributed by atoms with van der Waals surface area (Å²) in [5.74, 6) is 0.207. The van der Waals surface area contributed by atoms with Crippen LogP contribution in [0.4, 0.5) is 19.0 Å². The molecule has 2 heterocycles. The van der Waals surface area contributed by atoms with E-state index in [1.165, 1.54) is 11.3 Å². The molecule has 0 saturated carbocycles. The molecule has 7 heteroatoms. The van der Waals surface area contributed by atoms with Crippen molar-refractivity contribution in [1.29, 1.82) is 0 Å². The number of rotatable bonds is 2. The van der Waals surface area contributed by atoms with Crippen LogP contribution in [-0.2, 0) is 10.2 Å². The molecule has 2 aromatic rings. The van der Waals surface area contributed by atoms with E-state index < -0.39 is 18.0 Å². The largest absolute Gasteiger partial charge is 0.390 e. The predicted molar refractivity (Wildman–Crippen MR) is 98.7 cm³/mol. The number of hydrogen-bond acceptors (Lipinski definition) is 4. The number of fused-ring (bicyclic) bond motifs is 1. The average molecular weight is 392 g/mol. The Morgan fingerprint density at radius 2 is 1.89 bits per heavy atom. The Balaban J connectivity index is 2.05. The first kappa shape index (κ1) is 18.2. The molecule has 1 aromatic carbocycles. The Labute approximate surface area is 159 Å². The molecule has 1 N–H and O–H groups in total. The molecular formula is C20H19F3N2OS. The monoisotopic (exact) mass is 392 g/mol. The molecule has 3 nitrogen and oxygen atoms in total. The van der Waals surface area contributed by atoms with Crippen molar-refractivity contribution >= 4 is 22.9 Å². The lowest BCUT2D eigenvalue weighted by Gasteiger charge is -2.45. The zero-order chi connectivity index (χ0) is 19.4. The smallest absolute Gasteiger partial charge is 0.342 e. The van der Waals surface area contributed by atoms with Crippen molar-refractivity contribution < 1.29 is 18.0 Å². The topological polar surface area (TPSA) is 42.0 Å². The number of halogens is 3. The minimum absolute atomic E-state index is 0.221. The van der Waals surface area contributed by atoms with Crippen LogP contribution >= 0.6 is 11.3 Å². The second kappa shape index (κ2) is 5.92. The zero-order valence-corrected chi connectivity index (χ0v) is 15.8. The average Bonchev–Trinajstić information content (AvgIpc) is 3.01. The van der Waals surface area contributed by atoms with Gasteiger partial charge in [0, 0.05) is 17.7 Å². The summed E-state index contributed by atoms with van der Waals surface area (Å²) >= 11 is 1.17. The van der Waals surface area contributed by atoms with Gasteiger partial charge in [0.1, 0.15) is 5.82 Å². The van der Waals surface area contributed by atoms with E-state index in [0.29, 0.717) is 28.4 Å². The van der Waals surface area contributed by atoms with E-state index in [0.717, 1.165) is 0 Å². The van der Waals surface area contributed by atoms with Crippen molar-refractivity contribution in [2.75, 3.05) is 5.32 Å². The highest BCUT2D eigenvalue weighted by molar-refractivity contribution is 7.10. The van der Waals surface area contributed by atoms with Crippen LogP contribution in [0.2, 0.25) is 0 Å². The van der Waals surface area contributed by atoms with Crippen LogP contribution in [-0.4, -0.2) is 16.9 Å². The molecule has 1 aliphatic carbocycles. The van der Waals surface area contributed by atoms with Crippen molar-refractivity contribution in [2.45, 2.75) is 44.7 Å². The molecule has 1 aromatic heterocycles. The van der Waals surface area contributed by atoms with Crippen molar-refractivity contribution in [3.05, 3.63) is 57.6 Å². The standard InChI is InChI=1S/C20H19F3N2OS/c1-18(2)8-13-15(14(26)9-18)19(10-20(21,22)23,12-6-4-3-5-7-12)16-17(25-13)24-11-27-16/h3-7,11,25H,8-10H2,1-2H3. The maximum atomic E-state index is 13.8. The summed E-state index contributed by atoms with van der Waals surface area (Å²) in [6.07, 6.45) is -4.82. The summed E-state index contributed by atoms with van der Waals surface area (Å²) in [6, 6.07) is 8.55. The first-order valence-electron chi connectivity index (χ1n) is 8.72. The number of thiazole rings is 1. The Morgan fingerprint density at radius 1 is 1.19 bits per heavy atom. The summed E-state index contributed by atoms with van der Waals surface area (Å²) in [4.78, 5) is 17.9. The third-order valence-corrected chi connectivity index (χ3v) is 6.25. The number of Topliss-reactive ketones (excluding diaryl/α,β-unsaturated/α-hetero) is 1. The Kier molecular flexibility index (Phi) is 4.00. The lowest BCUT2D eigenvalue weighted by molar-refractivity contribution is -0.143. The number of carbonyl (C=O) groups is 1. The quantitative estimate of drug-likeness (QED) is 0.739. The molecule has 0 spiro atoms. The molecule has 0 fully saturated rings. The lowest BCUT2D eigenvalue weighted by Crippen LogP contribution is -2.45. The highest BCUT2D eigenvalue weighted by Crippen LogP contribution is 2.57. The van der Waals surface area contributed by atoms with Crippen LogP contribution in [0.25, 0.3) is 0 Å². The van der Waals surface area contributed by atoms with E-state index in [1.54, 1.807) is 35.8 Å². The molecule has 4 rings (SSSR count). The van der Waals surface area contributed by atoms with Gasteiger partial charge in [0.25, 0.3) is 0 Å². The van der Waals surface area contributed by atoms with Crippen LogP contribution in [0.5, 0.6) is 0 Å². The fourth-order valence-electron chi connectivity index (χ4n) is 4.39. The SMILES string of the molecule is CC1(C)CC(=O)C2=C(C1)Nc1ncsc1C2(CC(F)(F)F)c1ccccc1. The van der Waals surface area contributed by atoms with Crippen molar-refractivity contribution in [3.63, 3.8) is 0 Å². The van der Waals surface area contributed by atoms with Crippen molar-refractivity contribution in [2.24, 2.45) is 5.41 Å². The number of allylic oxidation sites excluding steroid dienone is 2. The minimum atomic E-state index is -4.44. The highest BCUT2D eigenvalue weighted by Gasteiger charge is 2.55. The number of benzene rings is 1. The van der Waals surface area contributed by atoms with E-state index in [9.17, 15) is 18.0 Å². The van der Waals surface area contributed by atoms with Crippen LogP contribution in [0.1, 0.15) is 43.6 Å². The molecule has 27 heavy (non-hydrogen) atoms. The number of nitrogens with zero attached hydrogens (tertiary/aromatic N) is 1. The molecule has 1 aliphatic heterocycles. The van der Waals surface area contributed by atoms with Crippen molar-refractivity contribution in [3.8, 4) is 0 Å². The number of ketones is 1. The van der Waals surface area contributed by atoms with E-state index in [1.807, 2.05) is 13.8 Å². The molecular weight excluding hydrogens is 373 g/mol.